The topological polar surface area (TPSA) is 40.6 Å². The molecule has 0 N–H and O–H groups in total. The van der Waals surface area contributed by atoms with Crippen molar-refractivity contribution in [3.05, 3.63) is 224 Å². The Balaban J connectivity index is 1.09. The van der Waals surface area contributed by atoms with Crippen LogP contribution >= 0.6 is 0 Å². The van der Waals surface area contributed by atoms with E-state index in [-0.39, 0.29) is 0 Å². The summed E-state index contributed by atoms with van der Waals surface area (Å²) in [4.78, 5) is 10.8. The van der Waals surface area contributed by atoms with Gasteiger partial charge in [-0.15, -0.1) is 0 Å². The van der Waals surface area contributed by atoms with Crippen molar-refractivity contribution in [2.24, 2.45) is 0 Å². The van der Waals surface area contributed by atoms with Gasteiger partial charge in [-0.2, -0.15) is 0 Å². The molecule has 0 aliphatic rings. The fourth-order valence-electron chi connectivity index (χ4n) is 9.81. The van der Waals surface area contributed by atoms with Crippen molar-refractivity contribution in [2.45, 2.75) is 0 Å². The summed E-state index contributed by atoms with van der Waals surface area (Å²) in [5, 5.41) is 7.14. The summed E-state index contributed by atoms with van der Waals surface area (Å²) in [6.07, 6.45) is 0. The standard InChI is InChI=1S/C58H37N5/c1-4-16-38(17-5-1)41-28-31-53-47(34-41)46-24-12-15-27-52(46)62(53)56-37-57(60-58(59-56)40-20-8-3-9-21-40)63-54-32-29-42(39-18-6-2-7-19-39)35-48(54)49-36-43(30-33-55(49)63)61-50-25-13-10-22-44(50)45-23-11-14-26-51(45)61/h1-37H. The predicted molar refractivity (Wildman–Crippen MR) is 261 cm³/mol. The Bertz CT molecular complexity index is 3840. The summed E-state index contributed by atoms with van der Waals surface area (Å²) in [6.45, 7) is 0. The lowest BCUT2D eigenvalue weighted by atomic mass is 10.0. The van der Waals surface area contributed by atoms with E-state index in [1.165, 1.54) is 49.3 Å². The average molecular weight is 804 g/mol. The maximum Gasteiger partial charge on any atom is 0.163 e. The highest BCUT2D eigenvalue weighted by Crippen LogP contribution is 2.40. The van der Waals surface area contributed by atoms with Crippen LogP contribution in [0.25, 0.3) is 116 Å². The second-order valence-corrected chi connectivity index (χ2v) is 16.2. The number of fused-ring (bicyclic) bond motifs is 9. The van der Waals surface area contributed by atoms with E-state index in [1.807, 2.05) is 6.07 Å². The molecule has 0 aliphatic heterocycles. The first kappa shape index (κ1) is 35.2. The molecule has 0 aliphatic carbocycles. The molecule has 294 valence electrons. The summed E-state index contributed by atoms with van der Waals surface area (Å²) >= 11 is 0. The molecule has 0 amide bonds. The maximum atomic E-state index is 5.44. The van der Waals surface area contributed by atoms with E-state index in [4.69, 9.17) is 9.97 Å². The third-order valence-corrected chi connectivity index (χ3v) is 12.7. The number of rotatable bonds is 6. The molecule has 0 saturated heterocycles. The lowest BCUT2D eigenvalue weighted by Gasteiger charge is -2.14. The Kier molecular flexibility index (Phi) is 7.84. The Hall–Kier alpha value is -8.54. The smallest absolute Gasteiger partial charge is 0.163 e. The fraction of sp³-hybridized carbons (Fsp3) is 0. The molecule has 0 bridgehead atoms. The quantitative estimate of drug-likeness (QED) is 0.168. The van der Waals surface area contributed by atoms with Gasteiger partial charge in [-0.3, -0.25) is 9.13 Å². The normalized spacial score (nSPS) is 11.8. The van der Waals surface area contributed by atoms with E-state index < -0.39 is 0 Å². The molecule has 5 nitrogen and oxygen atoms in total. The fourth-order valence-corrected chi connectivity index (χ4v) is 9.81. The van der Waals surface area contributed by atoms with Gasteiger partial charge in [0, 0.05) is 49.6 Å². The lowest BCUT2D eigenvalue weighted by Crippen LogP contribution is -2.06. The Morgan fingerprint density at radius 3 is 1.11 bits per heavy atom. The number of hydrogen-bond donors (Lipinski definition) is 0. The molecule has 0 atom stereocenters. The minimum absolute atomic E-state index is 0.660. The largest absolute Gasteiger partial charge is 0.309 e. The van der Waals surface area contributed by atoms with Crippen molar-refractivity contribution in [3.63, 3.8) is 0 Å². The van der Waals surface area contributed by atoms with E-state index in [9.17, 15) is 0 Å². The third-order valence-electron chi connectivity index (χ3n) is 12.7. The van der Waals surface area contributed by atoms with Gasteiger partial charge in [0.15, 0.2) is 5.82 Å². The molecule has 13 rings (SSSR count). The Labute approximate surface area is 363 Å². The van der Waals surface area contributed by atoms with Crippen LogP contribution in [0.1, 0.15) is 0 Å². The zero-order chi connectivity index (χ0) is 41.4. The first-order chi connectivity index (χ1) is 31.2. The number of benzene rings is 9. The van der Waals surface area contributed by atoms with Crippen molar-refractivity contribution in [1.82, 2.24) is 23.7 Å². The van der Waals surface area contributed by atoms with E-state index in [0.29, 0.717) is 5.82 Å². The van der Waals surface area contributed by atoms with Gasteiger partial charge < -0.3 is 4.57 Å². The van der Waals surface area contributed by atoms with E-state index in [1.54, 1.807) is 0 Å². The Morgan fingerprint density at radius 2 is 0.603 bits per heavy atom. The van der Waals surface area contributed by atoms with Gasteiger partial charge in [0.05, 0.1) is 33.1 Å². The maximum absolute atomic E-state index is 5.44. The van der Waals surface area contributed by atoms with Crippen LogP contribution in [0.5, 0.6) is 0 Å². The van der Waals surface area contributed by atoms with Crippen molar-refractivity contribution >= 4 is 65.4 Å². The second-order valence-electron chi connectivity index (χ2n) is 16.2. The van der Waals surface area contributed by atoms with E-state index in [2.05, 4.69) is 232 Å². The molecular weight excluding hydrogens is 767 g/mol. The highest BCUT2D eigenvalue weighted by Gasteiger charge is 2.21. The van der Waals surface area contributed by atoms with Crippen molar-refractivity contribution in [3.8, 4) is 51.0 Å². The highest BCUT2D eigenvalue weighted by atomic mass is 15.1. The Morgan fingerprint density at radius 1 is 0.238 bits per heavy atom. The predicted octanol–water partition coefficient (Wildman–Crippen LogP) is 14.8. The molecule has 0 radical (unpaired) electrons. The zero-order valence-electron chi connectivity index (χ0n) is 34.1. The van der Waals surface area contributed by atoms with E-state index >= 15 is 0 Å². The lowest BCUT2D eigenvalue weighted by molar-refractivity contribution is 0.994. The molecule has 9 aromatic carbocycles. The minimum atomic E-state index is 0.660. The number of aromatic nitrogens is 5. The van der Waals surface area contributed by atoms with Crippen LogP contribution in [-0.4, -0.2) is 23.7 Å². The van der Waals surface area contributed by atoms with Crippen LogP contribution in [-0.2, 0) is 0 Å². The van der Waals surface area contributed by atoms with Gasteiger partial charge in [0.1, 0.15) is 11.6 Å². The molecule has 13 aromatic rings. The van der Waals surface area contributed by atoms with Crippen LogP contribution in [0.2, 0.25) is 0 Å². The van der Waals surface area contributed by atoms with Gasteiger partial charge in [0.2, 0.25) is 0 Å². The SMILES string of the molecule is c1ccc(-c2ccc3c(c2)c2ccccc2n3-c2cc(-n3c4ccc(-c5ccccc5)cc4c4cc(-n5c6ccccc6c6ccccc65)ccc43)nc(-c3ccccc3)n2)cc1. The number of nitrogens with zero attached hydrogens (tertiary/aromatic N) is 5. The van der Waals surface area contributed by atoms with Gasteiger partial charge in [0.25, 0.3) is 0 Å². The molecule has 4 aromatic heterocycles. The summed E-state index contributed by atoms with van der Waals surface area (Å²) in [6, 6.07) is 80.3. The average Bonchev–Trinajstić information content (AvgIpc) is 3.99. The number of hydrogen-bond acceptors (Lipinski definition) is 2. The van der Waals surface area contributed by atoms with Crippen LogP contribution in [0, 0.1) is 0 Å². The van der Waals surface area contributed by atoms with Gasteiger partial charge >= 0.3 is 0 Å². The van der Waals surface area contributed by atoms with E-state index in [0.717, 1.165) is 61.3 Å². The molecular formula is C58H37N5. The number of para-hydroxylation sites is 3. The van der Waals surface area contributed by atoms with Crippen LogP contribution < -0.4 is 0 Å². The first-order valence-electron chi connectivity index (χ1n) is 21.4. The van der Waals surface area contributed by atoms with Crippen LogP contribution in [0.3, 0.4) is 0 Å². The highest BCUT2D eigenvalue weighted by molar-refractivity contribution is 6.13. The van der Waals surface area contributed by atoms with Crippen molar-refractivity contribution < 1.29 is 0 Å². The summed E-state index contributed by atoms with van der Waals surface area (Å²) in [5.74, 6) is 2.26. The summed E-state index contributed by atoms with van der Waals surface area (Å²) < 4.78 is 7.03. The molecule has 5 heteroatoms. The van der Waals surface area contributed by atoms with Crippen LogP contribution in [0.15, 0.2) is 224 Å². The molecule has 0 saturated carbocycles. The van der Waals surface area contributed by atoms with Gasteiger partial charge in [-0.05, 0) is 82.9 Å². The monoisotopic (exact) mass is 803 g/mol. The summed E-state index contributed by atoms with van der Waals surface area (Å²) in [5.41, 5.74) is 13.5. The zero-order valence-corrected chi connectivity index (χ0v) is 34.1. The van der Waals surface area contributed by atoms with Crippen LogP contribution in [0.4, 0.5) is 0 Å². The molecule has 0 spiro atoms. The third kappa shape index (κ3) is 5.57. The first-order valence-corrected chi connectivity index (χ1v) is 21.4. The van der Waals surface area contributed by atoms with Crippen molar-refractivity contribution in [2.75, 3.05) is 0 Å². The summed E-state index contributed by atoms with van der Waals surface area (Å²) in [7, 11) is 0. The van der Waals surface area contributed by atoms with Gasteiger partial charge in [-0.25, -0.2) is 9.97 Å². The molecule has 0 fully saturated rings. The molecule has 4 heterocycles. The molecule has 0 unspecified atom stereocenters. The van der Waals surface area contributed by atoms with Crippen molar-refractivity contribution in [1.29, 1.82) is 0 Å². The molecule has 63 heavy (non-hydrogen) atoms. The van der Waals surface area contributed by atoms with Gasteiger partial charge in [-0.1, -0.05) is 158 Å². The minimum Gasteiger partial charge on any atom is -0.309 e. The second kappa shape index (κ2) is 14.0.